The van der Waals surface area contributed by atoms with E-state index in [0.717, 1.165) is 5.56 Å². The number of carbonyl (C=O) groups excluding carboxylic acids is 2. The van der Waals surface area contributed by atoms with Gasteiger partial charge in [0, 0.05) is 6.42 Å². The van der Waals surface area contributed by atoms with Gasteiger partial charge in [0.2, 0.25) is 0 Å². The number of ether oxygens (including phenoxy) is 2. The molecule has 1 atom stereocenters. The minimum atomic E-state index is -0.767. The van der Waals surface area contributed by atoms with Gasteiger partial charge >= 0.3 is 12.1 Å². The fraction of sp³-hybridized carbons (Fsp3) is 0.467. The molecule has 1 aromatic carbocycles. The molecular weight excluding hydrogens is 385 g/mol. The molecule has 21 heavy (non-hydrogen) atoms. The molecule has 1 rings (SSSR count). The summed E-state index contributed by atoms with van der Waals surface area (Å²) in [6, 6.07) is 8.66. The Morgan fingerprint density at radius 3 is 2.38 bits per heavy atom. The Labute approximate surface area is 138 Å². The number of halogens is 1. The lowest BCUT2D eigenvalue weighted by Crippen LogP contribution is -2.45. The largest absolute Gasteiger partial charge is 0.453 e. The Kier molecular flexibility index (Phi) is 6.94. The molecule has 1 N–H and O–H groups in total. The molecule has 1 amide bonds. The Balaban J connectivity index is 2.73. The number of alkyl carbamates (subject to hydrolysis) is 1. The SMILES string of the molecule is CC(C)(C)OC(=O)NC(Cc1ccccc1)C(=O)OCI. The van der Waals surface area contributed by atoms with Gasteiger partial charge in [-0.3, -0.25) is 0 Å². The van der Waals surface area contributed by atoms with Crippen LogP contribution in [0.1, 0.15) is 26.3 Å². The molecule has 1 unspecified atom stereocenters. The highest BCUT2D eigenvalue weighted by molar-refractivity contribution is 14.1. The van der Waals surface area contributed by atoms with Crippen LogP contribution in [0.5, 0.6) is 0 Å². The van der Waals surface area contributed by atoms with Crippen molar-refractivity contribution >= 4 is 34.7 Å². The van der Waals surface area contributed by atoms with Gasteiger partial charge in [0.25, 0.3) is 0 Å². The molecule has 0 aliphatic rings. The van der Waals surface area contributed by atoms with Crippen molar-refractivity contribution < 1.29 is 19.1 Å². The van der Waals surface area contributed by atoms with Crippen LogP contribution in [0, 0.1) is 0 Å². The zero-order valence-electron chi connectivity index (χ0n) is 12.4. The summed E-state index contributed by atoms with van der Waals surface area (Å²) in [7, 11) is 0. The minimum absolute atomic E-state index is 0.234. The standard InChI is InChI=1S/C15H20INO4/c1-15(2,3)21-14(19)17-12(13(18)20-10-16)9-11-7-5-4-6-8-11/h4-8,12H,9-10H2,1-3H3,(H,17,19). The van der Waals surface area contributed by atoms with Crippen molar-refractivity contribution in [1.29, 1.82) is 0 Å². The summed E-state index contributed by atoms with van der Waals surface area (Å²) in [6.07, 6.45) is -0.274. The second-order valence-corrected chi connectivity index (χ2v) is 6.08. The van der Waals surface area contributed by atoms with Crippen molar-refractivity contribution in [2.24, 2.45) is 0 Å². The molecule has 0 heterocycles. The number of rotatable bonds is 5. The zero-order valence-corrected chi connectivity index (χ0v) is 14.5. The van der Waals surface area contributed by atoms with Crippen molar-refractivity contribution in [2.75, 3.05) is 4.61 Å². The molecule has 0 aromatic heterocycles. The first-order valence-electron chi connectivity index (χ1n) is 6.58. The number of nitrogens with one attached hydrogen (secondary N) is 1. The third kappa shape index (κ3) is 7.31. The van der Waals surface area contributed by atoms with Gasteiger partial charge in [-0.1, -0.05) is 30.3 Å². The van der Waals surface area contributed by atoms with E-state index in [-0.39, 0.29) is 4.61 Å². The molecular formula is C15H20INO4. The number of esters is 1. The quantitative estimate of drug-likeness (QED) is 0.465. The average Bonchev–Trinajstić information content (AvgIpc) is 2.37. The third-order valence-corrected chi connectivity index (χ3v) is 2.77. The summed E-state index contributed by atoms with van der Waals surface area (Å²) in [4.78, 5) is 23.8. The normalized spacial score (nSPS) is 12.4. The van der Waals surface area contributed by atoms with Crippen molar-refractivity contribution in [3.63, 3.8) is 0 Å². The van der Waals surface area contributed by atoms with E-state index >= 15 is 0 Å². The van der Waals surface area contributed by atoms with Crippen LogP contribution in [0.15, 0.2) is 30.3 Å². The van der Waals surface area contributed by atoms with Crippen LogP contribution in [0.25, 0.3) is 0 Å². The molecule has 0 saturated heterocycles. The molecule has 0 radical (unpaired) electrons. The maximum atomic E-state index is 12.0. The molecule has 5 nitrogen and oxygen atoms in total. The summed E-state index contributed by atoms with van der Waals surface area (Å²) >= 11 is 1.94. The van der Waals surface area contributed by atoms with E-state index in [0.29, 0.717) is 6.42 Å². The lowest BCUT2D eigenvalue weighted by atomic mass is 10.1. The number of amides is 1. The predicted molar refractivity (Wildman–Crippen MR) is 88.3 cm³/mol. The van der Waals surface area contributed by atoms with E-state index in [2.05, 4.69) is 5.32 Å². The van der Waals surface area contributed by atoms with E-state index in [1.807, 2.05) is 52.9 Å². The van der Waals surface area contributed by atoms with E-state index in [1.165, 1.54) is 0 Å². The average molecular weight is 405 g/mol. The molecule has 0 spiro atoms. The van der Waals surface area contributed by atoms with Crippen LogP contribution >= 0.6 is 22.6 Å². The van der Waals surface area contributed by atoms with E-state index < -0.39 is 23.7 Å². The van der Waals surface area contributed by atoms with Gasteiger partial charge in [0.05, 0.1) is 0 Å². The molecule has 116 valence electrons. The second-order valence-electron chi connectivity index (χ2n) is 5.46. The number of carbonyl (C=O) groups is 2. The maximum Gasteiger partial charge on any atom is 0.408 e. The van der Waals surface area contributed by atoms with E-state index in [4.69, 9.17) is 9.47 Å². The number of hydrogen-bond acceptors (Lipinski definition) is 4. The van der Waals surface area contributed by atoms with Crippen LogP contribution in [0.3, 0.4) is 0 Å². The molecule has 6 heteroatoms. The summed E-state index contributed by atoms with van der Waals surface area (Å²) in [5.74, 6) is -0.473. The van der Waals surface area contributed by atoms with Gasteiger partial charge in [0.15, 0.2) is 0 Å². The second kappa shape index (κ2) is 8.21. The minimum Gasteiger partial charge on any atom is -0.453 e. The summed E-state index contributed by atoms with van der Waals surface area (Å²) < 4.78 is 10.4. The zero-order chi connectivity index (χ0) is 15.9. The highest BCUT2D eigenvalue weighted by atomic mass is 127. The van der Waals surface area contributed by atoms with Gasteiger partial charge in [0.1, 0.15) is 16.3 Å². The smallest absolute Gasteiger partial charge is 0.408 e. The highest BCUT2D eigenvalue weighted by Gasteiger charge is 2.25. The van der Waals surface area contributed by atoms with Crippen LogP contribution in [0.4, 0.5) is 4.79 Å². The Hall–Kier alpha value is -1.31. The first-order chi connectivity index (χ1) is 9.81. The van der Waals surface area contributed by atoms with Crippen LogP contribution in [0.2, 0.25) is 0 Å². The van der Waals surface area contributed by atoms with Gasteiger partial charge in [-0.2, -0.15) is 0 Å². The highest BCUT2D eigenvalue weighted by Crippen LogP contribution is 2.09. The lowest BCUT2D eigenvalue weighted by Gasteiger charge is -2.22. The van der Waals surface area contributed by atoms with Crippen molar-refractivity contribution in [3.05, 3.63) is 35.9 Å². The van der Waals surface area contributed by atoms with Crippen LogP contribution < -0.4 is 5.32 Å². The molecule has 0 fully saturated rings. The van der Waals surface area contributed by atoms with Gasteiger partial charge in [-0.25, -0.2) is 9.59 Å². The Bertz CT molecular complexity index is 470. The monoisotopic (exact) mass is 405 g/mol. The van der Waals surface area contributed by atoms with Crippen LogP contribution in [-0.2, 0) is 20.7 Å². The topological polar surface area (TPSA) is 64.6 Å². The fourth-order valence-corrected chi connectivity index (χ4v) is 1.95. The number of alkyl halides is 1. The van der Waals surface area contributed by atoms with Crippen molar-refractivity contribution in [1.82, 2.24) is 5.32 Å². The van der Waals surface area contributed by atoms with Gasteiger partial charge < -0.3 is 14.8 Å². The first-order valence-corrected chi connectivity index (χ1v) is 8.10. The van der Waals surface area contributed by atoms with Gasteiger partial charge in [-0.05, 0) is 48.9 Å². The number of hydrogen-bond donors (Lipinski definition) is 1. The molecule has 0 saturated carbocycles. The number of benzene rings is 1. The van der Waals surface area contributed by atoms with Crippen molar-refractivity contribution in [2.45, 2.75) is 38.8 Å². The predicted octanol–water partition coefficient (Wildman–Crippen LogP) is 3.06. The molecule has 0 bridgehead atoms. The van der Waals surface area contributed by atoms with E-state index in [1.54, 1.807) is 20.8 Å². The molecule has 1 aromatic rings. The fourth-order valence-electron chi connectivity index (χ4n) is 1.65. The summed E-state index contributed by atoms with van der Waals surface area (Å²) in [5.41, 5.74) is 0.318. The third-order valence-electron chi connectivity index (χ3n) is 2.45. The Morgan fingerprint density at radius 1 is 1.24 bits per heavy atom. The van der Waals surface area contributed by atoms with E-state index in [9.17, 15) is 9.59 Å². The summed E-state index contributed by atoms with van der Waals surface area (Å²) in [5, 5.41) is 2.57. The summed E-state index contributed by atoms with van der Waals surface area (Å²) in [6.45, 7) is 5.30. The molecule has 0 aliphatic heterocycles. The molecule has 0 aliphatic carbocycles. The maximum absolute atomic E-state index is 12.0. The van der Waals surface area contributed by atoms with Gasteiger partial charge in [-0.15, -0.1) is 0 Å². The Morgan fingerprint density at radius 2 is 1.86 bits per heavy atom. The van der Waals surface area contributed by atoms with Crippen LogP contribution in [-0.4, -0.2) is 28.3 Å². The first kappa shape index (κ1) is 17.7. The lowest BCUT2D eigenvalue weighted by molar-refractivity contribution is -0.143. The van der Waals surface area contributed by atoms with Crippen molar-refractivity contribution in [3.8, 4) is 0 Å².